The maximum absolute atomic E-state index is 10.7. The number of benzene rings is 1. The first-order chi connectivity index (χ1) is 10.9. The van der Waals surface area contributed by atoms with Crippen LogP contribution in [0, 0.1) is 10.1 Å². The van der Waals surface area contributed by atoms with Crippen molar-refractivity contribution in [2.75, 3.05) is 18.8 Å². The van der Waals surface area contributed by atoms with Crippen molar-refractivity contribution >= 4 is 11.4 Å². The van der Waals surface area contributed by atoms with E-state index >= 15 is 0 Å². The Morgan fingerprint density at radius 1 is 1.43 bits per heavy atom. The minimum absolute atomic E-state index is 0.00707. The third kappa shape index (κ3) is 5.84. The second-order valence-corrected chi connectivity index (χ2v) is 5.52. The molecule has 0 bridgehead atoms. The zero-order chi connectivity index (χ0) is 17.4. The summed E-state index contributed by atoms with van der Waals surface area (Å²) < 4.78 is 5.01. The van der Waals surface area contributed by atoms with Crippen LogP contribution in [-0.4, -0.2) is 29.9 Å². The molecule has 6 heteroatoms. The Labute approximate surface area is 136 Å². The summed E-state index contributed by atoms with van der Waals surface area (Å²) >= 11 is 0. The van der Waals surface area contributed by atoms with E-state index in [1.807, 2.05) is 19.9 Å². The van der Waals surface area contributed by atoms with Gasteiger partial charge in [0.2, 0.25) is 0 Å². The van der Waals surface area contributed by atoms with Crippen LogP contribution < -0.4 is 5.06 Å². The fraction of sp³-hybridized carbons (Fsp3) is 0.412. The van der Waals surface area contributed by atoms with Gasteiger partial charge in [-0.1, -0.05) is 23.8 Å². The minimum Gasteiger partial charge on any atom is -0.381 e. The van der Waals surface area contributed by atoms with Crippen molar-refractivity contribution in [2.45, 2.75) is 32.7 Å². The highest BCUT2D eigenvalue weighted by molar-refractivity contribution is 5.50. The number of non-ortho nitro benzene ring substituents is 1. The van der Waals surface area contributed by atoms with Gasteiger partial charge in [0.1, 0.15) is 0 Å². The van der Waals surface area contributed by atoms with Gasteiger partial charge in [-0.3, -0.25) is 15.3 Å². The van der Waals surface area contributed by atoms with Gasteiger partial charge in [-0.05, 0) is 38.8 Å². The molecule has 0 heterocycles. The minimum atomic E-state index is -0.467. The summed E-state index contributed by atoms with van der Waals surface area (Å²) in [5.41, 5.74) is 2.50. The molecule has 1 rings (SSSR count). The van der Waals surface area contributed by atoms with E-state index < -0.39 is 4.92 Å². The van der Waals surface area contributed by atoms with E-state index in [1.165, 1.54) is 29.8 Å². The molecule has 1 aromatic carbocycles. The van der Waals surface area contributed by atoms with Crippen molar-refractivity contribution in [3.05, 3.63) is 58.2 Å². The van der Waals surface area contributed by atoms with E-state index in [0.29, 0.717) is 18.7 Å². The van der Waals surface area contributed by atoms with Gasteiger partial charge >= 0.3 is 0 Å². The summed E-state index contributed by atoms with van der Waals surface area (Å²) in [5.74, 6) is 0. The number of methoxy groups -OCH3 is 1. The molecule has 0 saturated heterocycles. The summed E-state index contributed by atoms with van der Waals surface area (Å²) in [6.45, 7) is 8.37. The fourth-order valence-corrected chi connectivity index (χ4v) is 2.18. The Morgan fingerprint density at radius 2 is 2.04 bits per heavy atom. The predicted octanol–water partition coefficient (Wildman–Crippen LogP) is 4.11. The second-order valence-electron chi connectivity index (χ2n) is 5.52. The molecule has 23 heavy (non-hydrogen) atoms. The molecule has 0 aliphatic rings. The topological polar surface area (TPSA) is 75.8 Å². The summed E-state index contributed by atoms with van der Waals surface area (Å²) in [4.78, 5) is 10.2. The zero-order valence-electron chi connectivity index (χ0n) is 13.9. The Kier molecular flexibility index (Phi) is 7.44. The number of allylic oxidation sites excluding steroid dienone is 1. The van der Waals surface area contributed by atoms with Crippen molar-refractivity contribution < 1.29 is 14.9 Å². The molecule has 1 aromatic rings. The number of ether oxygens (including phenoxy) is 1. The molecule has 0 aromatic heterocycles. The average Bonchev–Trinajstić information content (AvgIpc) is 2.52. The first-order valence-corrected chi connectivity index (χ1v) is 7.39. The van der Waals surface area contributed by atoms with Gasteiger partial charge in [0.05, 0.1) is 23.3 Å². The molecular formula is C17H24N2O4. The lowest BCUT2D eigenvalue weighted by Crippen LogP contribution is -2.33. The van der Waals surface area contributed by atoms with E-state index in [9.17, 15) is 15.3 Å². The maximum Gasteiger partial charge on any atom is 0.269 e. The van der Waals surface area contributed by atoms with Crippen LogP contribution in [0.15, 0.2) is 48.1 Å². The van der Waals surface area contributed by atoms with Gasteiger partial charge in [0.25, 0.3) is 5.69 Å². The van der Waals surface area contributed by atoms with Gasteiger partial charge < -0.3 is 4.74 Å². The monoisotopic (exact) mass is 320 g/mol. The second kappa shape index (κ2) is 9.07. The van der Waals surface area contributed by atoms with Crippen LogP contribution in [0.5, 0.6) is 0 Å². The number of anilines is 1. The summed E-state index contributed by atoms with van der Waals surface area (Å²) in [6.07, 6.45) is 3.49. The fourth-order valence-electron chi connectivity index (χ4n) is 2.18. The highest BCUT2D eigenvalue weighted by Gasteiger charge is 2.19. The Bertz CT molecular complexity index is 566. The molecule has 1 atom stereocenters. The molecule has 1 N–H and O–H groups in total. The lowest BCUT2D eigenvalue weighted by molar-refractivity contribution is -0.384. The molecule has 0 aliphatic heterocycles. The molecule has 0 spiro atoms. The molecule has 6 nitrogen and oxygen atoms in total. The first kappa shape index (κ1) is 18.9. The van der Waals surface area contributed by atoms with Crippen LogP contribution in [0.25, 0.3) is 0 Å². The Hall–Kier alpha value is -2.18. The van der Waals surface area contributed by atoms with Crippen LogP contribution in [-0.2, 0) is 4.74 Å². The quantitative estimate of drug-likeness (QED) is 0.421. The molecule has 1 unspecified atom stereocenters. The van der Waals surface area contributed by atoms with E-state index in [0.717, 1.165) is 17.1 Å². The van der Waals surface area contributed by atoms with E-state index in [-0.39, 0.29) is 11.7 Å². The summed E-state index contributed by atoms with van der Waals surface area (Å²) in [7, 11) is 1.64. The third-order valence-corrected chi connectivity index (χ3v) is 3.60. The summed E-state index contributed by atoms with van der Waals surface area (Å²) in [5, 5.41) is 22.2. The zero-order valence-corrected chi connectivity index (χ0v) is 13.9. The van der Waals surface area contributed by atoms with Gasteiger partial charge in [0, 0.05) is 19.2 Å². The number of nitro benzene ring substituents is 1. The molecule has 0 radical (unpaired) electrons. The number of hydrogen-bond donors (Lipinski definition) is 1. The Balaban J connectivity index is 2.80. The van der Waals surface area contributed by atoms with Crippen molar-refractivity contribution in [1.82, 2.24) is 0 Å². The van der Waals surface area contributed by atoms with Crippen molar-refractivity contribution in [3.63, 3.8) is 0 Å². The van der Waals surface area contributed by atoms with E-state index in [4.69, 9.17) is 4.74 Å². The number of nitro groups is 1. The van der Waals surface area contributed by atoms with Crippen molar-refractivity contribution in [1.29, 1.82) is 0 Å². The lowest BCUT2D eigenvalue weighted by Gasteiger charge is -2.28. The molecule has 126 valence electrons. The molecule has 0 amide bonds. The average molecular weight is 320 g/mol. The molecule has 0 fully saturated rings. The first-order valence-electron chi connectivity index (χ1n) is 7.39. The maximum atomic E-state index is 10.7. The standard InChI is InChI=1S/C17H24N2O4/c1-13(2)17(10-5-14(3)11-12-23-4)18(20)15-6-8-16(9-7-15)19(21)22/h6-9,11,17,20H,1,5,10,12H2,2-4H3/b14-11+. The van der Waals surface area contributed by atoms with Gasteiger partial charge in [-0.25, -0.2) is 5.06 Å². The molecule has 0 saturated carbocycles. The third-order valence-electron chi connectivity index (χ3n) is 3.60. The lowest BCUT2D eigenvalue weighted by atomic mass is 10.0. The smallest absolute Gasteiger partial charge is 0.269 e. The molecular weight excluding hydrogens is 296 g/mol. The Morgan fingerprint density at radius 3 is 2.52 bits per heavy atom. The van der Waals surface area contributed by atoms with Crippen LogP contribution in [0.1, 0.15) is 26.7 Å². The van der Waals surface area contributed by atoms with Crippen molar-refractivity contribution in [3.8, 4) is 0 Å². The number of nitrogens with zero attached hydrogens (tertiary/aromatic N) is 2. The highest BCUT2D eigenvalue weighted by atomic mass is 16.6. The van der Waals surface area contributed by atoms with E-state index in [2.05, 4.69) is 6.58 Å². The largest absolute Gasteiger partial charge is 0.381 e. The van der Waals surface area contributed by atoms with Crippen LogP contribution in [0.2, 0.25) is 0 Å². The normalized spacial score (nSPS) is 12.8. The number of hydrogen-bond acceptors (Lipinski definition) is 5. The van der Waals surface area contributed by atoms with E-state index in [1.54, 1.807) is 7.11 Å². The predicted molar refractivity (Wildman–Crippen MR) is 90.8 cm³/mol. The van der Waals surface area contributed by atoms with Gasteiger partial charge in [0.15, 0.2) is 0 Å². The van der Waals surface area contributed by atoms with Crippen LogP contribution >= 0.6 is 0 Å². The van der Waals surface area contributed by atoms with Crippen LogP contribution in [0.3, 0.4) is 0 Å². The number of rotatable bonds is 9. The van der Waals surface area contributed by atoms with Crippen molar-refractivity contribution in [2.24, 2.45) is 0 Å². The number of hydroxylamine groups is 1. The van der Waals surface area contributed by atoms with Gasteiger partial charge in [-0.2, -0.15) is 0 Å². The van der Waals surface area contributed by atoms with Gasteiger partial charge in [-0.15, -0.1) is 0 Å². The summed E-state index contributed by atoms with van der Waals surface area (Å²) in [6, 6.07) is 5.54. The van der Waals surface area contributed by atoms with Crippen LogP contribution in [0.4, 0.5) is 11.4 Å². The molecule has 0 aliphatic carbocycles. The highest BCUT2D eigenvalue weighted by Crippen LogP contribution is 2.24. The SMILES string of the molecule is C=C(C)C(CC/C(C)=C/COC)N(O)c1ccc([N+](=O)[O-])cc1.